The smallest absolute Gasteiger partial charge is 0.263 e. The molecule has 0 atom stereocenters. The second-order valence-electron chi connectivity index (χ2n) is 5.18. The summed E-state index contributed by atoms with van der Waals surface area (Å²) in [7, 11) is -3.82. The Kier molecular flexibility index (Phi) is 5.90. The Morgan fingerprint density at radius 1 is 1.00 bits per heavy atom. The Morgan fingerprint density at radius 2 is 1.69 bits per heavy atom. The zero-order valence-corrected chi connectivity index (χ0v) is 17.3. The van der Waals surface area contributed by atoms with Crippen molar-refractivity contribution < 1.29 is 13.2 Å². The lowest BCUT2D eigenvalue weighted by atomic mass is 10.2. The molecule has 0 aliphatic heterocycles. The van der Waals surface area contributed by atoms with Gasteiger partial charge in [0.25, 0.3) is 15.9 Å². The van der Waals surface area contributed by atoms with Crippen LogP contribution in [-0.4, -0.2) is 18.4 Å². The van der Waals surface area contributed by atoms with Crippen LogP contribution in [0.15, 0.2) is 74.8 Å². The highest BCUT2D eigenvalue weighted by molar-refractivity contribution is 9.10. The van der Waals surface area contributed by atoms with E-state index in [9.17, 15) is 8.42 Å². The number of anilines is 1. The predicted octanol–water partition coefficient (Wildman–Crippen LogP) is 4.38. The number of rotatable bonds is 6. The van der Waals surface area contributed by atoms with Gasteiger partial charge in [0.15, 0.2) is 0 Å². The van der Waals surface area contributed by atoms with Crippen molar-refractivity contribution in [1.82, 2.24) is 9.97 Å². The van der Waals surface area contributed by atoms with E-state index in [1.807, 2.05) is 30.3 Å². The van der Waals surface area contributed by atoms with Crippen molar-refractivity contribution in [2.75, 3.05) is 4.72 Å². The molecule has 0 unspecified atom stereocenters. The Balaban J connectivity index is 1.84. The minimum Gasteiger partial charge on any atom is -0.470 e. The topological polar surface area (TPSA) is 81.2 Å². The maximum absolute atomic E-state index is 12.6. The van der Waals surface area contributed by atoms with Crippen LogP contribution in [0.3, 0.4) is 0 Å². The molecule has 0 saturated carbocycles. The van der Waals surface area contributed by atoms with E-state index >= 15 is 0 Å². The van der Waals surface area contributed by atoms with E-state index in [1.54, 1.807) is 12.1 Å². The van der Waals surface area contributed by atoms with Crippen LogP contribution in [0.2, 0.25) is 0 Å². The first-order valence-corrected chi connectivity index (χ1v) is 10.5. The van der Waals surface area contributed by atoms with Crippen LogP contribution in [0.1, 0.15) is 5.56 Å². The summed E-state index contributed by atoms with van der Waals surface area (Å²) in [6, 6.07) is 15.8. The SMILES string of the molecule is O=S(=O)(Nc1ncc(Br)nc1OCc1ccccc1)c1ccc(Br)cc1. The molecule has 3 aromatic rings. The van der Waals surface area contributed by atoms with Crippen molar-refractivity contribution in [1.29, 1.82) is 0 Å². The van der Waals surface area contributed by atoms with Crippen LogP contribution < -0.4 is 9.46 Å². The predicted molar refractivity (Wildman–Crippen MR) is 105 cm³/mol. The van der Waals surface area contributed by atoms with Gasteiger partial charge in [-0.1, -0.05) is 46.3 Å². The highest BCUT2D eigenvalue weighted by Crippen LogP contribution is 2.25. The van der Waals surface area contributed by atoms with Crippen molar-refractivity contribution >= 4 is 47.7 Å². The molecule has 9 heteroatoms. The Morgan fingerprint density at radius 3 is 2.38 bits per heavy atom. The van der Waals surface area contributed by atoms with Gasteiger partial charge < -0.3 is 4.74 Å². The van der Waals surface area contributed by atoms with Gasteiger partial charge in [-0.25, -0.2) is 18.4 Å². The molecule has 3 rings (SSSR count). The standard InChI is InChI=1S/C17H13Br2N3O3S/c18-13-6-8-14(9-7-13)26(23,24)22-16-17(21-15(19)10-20-16)25-11-12-4-2-1-3-5-12/h1-10H,11H2,(H,20,22). The molecule has 0 amide bonds. The second kappa shape index (κ2) is 8.15. The van der Waals surface area contributed by atoms with Gasteiger partial charge in [0.05, 0.1) is 11.1 Å². The van der Waals surface area contributed by atoms with E-state index in [0.717, 1.165) is 10.0 Å². The van der Waals surface area contributed by atoms with Crippen molar-refractivity contribution in [2.24, 2.45) is 0 Å². The van der Waals surface area contributed by atoms with Crippen LogP contribution >= 0.6 is 31.9 Å². The Bertz CT molecular complexity index is 998. The molecule has 26 heavy (non-hydrogen) atoms. The summed E-state index contributed by atoms with van der Waals surface area (Å²) < 4.78 is 34.4. The maximum Gasteiger partial charge on any atom is 0.263 e. The molecular formula is C17H13Br2N3O3S. The highest BCUT2D eigenvalue weighted by atomic mass is 79.9. The van der Waals surface area contributed by atoms with Gasteiger partial charge >= 0.3 is 0 Å². The summed E-state index contributed by atoms with van der Waals surface area (Å²) >= 11 is 6.50. The lowest BCUT2D eigenvalue weighted by molar-refractivity contribution is 0.294. The number of aromatic nitrogens is 2. The van der Waals surface area contributed by atoms with Crippen LogP contribution in [0.25, 0.3) is 0 Å². The quantitative estimate of drug-likeness (QED) is 0.545. The number of hydrogen-bond acceptors (Lipinski definition) is 5. The van der Waals surface area contributed by atoms with Crippen LogP contribution in [0.4, 0.5) is 5.82 Å². The molecule has 0 bridgehead atoms. The average Bonchev–Trinajstić information content (AvgIpc) is 2.63. The van der Waals surface area contributed by atoms with E-state index in [0.29, 0.717) is 4.60 Å². The first-order valence-electron chi connectivity index (χ1n) is 7.42. The molecule has 134 valence electrons. The van der Waals surface area contributed by atoms with E-state index in [2.05, 4.69) is 46.5 Å². The fourth-order valence-electron chi connectivity index (χ4n) is 2.05. The molecule has 1 aromatic heterocycles. The van der Waals surface area contributed by atoms with Gasteiger partial charge in [0.1, 0.15) is 11.2 Å². The largest absolute Gasteiger partial charge is 0.470 e. The van der Waals surface area contributed by atoms with Crippen molar-refractivity contribution in [3.8, 4) is 5.88 Å². The number of benzene rings is 2. The minimum absolute atomic E-state index is 0.0204. The van der Waals surface area contributed by atoms with Crippen molar-refractivity contribution in [3.05, 3.63) is 75.4 Å². The third-order valence-electron chi connectivity index (χ3n) is 3.28. The molecule has 0 fully saturated rings. The number of halogens is 2. The molecule has 1 heterocycles. The summed E-state index contributed by atoms with van der Waals surface area (Å²) in [6.07, 6.45) is 1.40. The number of ether oxygens (including phenoxy) is 1. The average molecular weight is 499 g/mol. The summed E-state index contributed by atoms with van der Waals surface area (Å²) in [6.45, 7) is 0.235. The molecule has 0 aliphatic rings. The molecule has 6 nitrogen and oxygen atoms in total. The summed E-state index contributed by atoms with van der Waals surface area (Å²) in [4.78, 5) is 8.37. The summed E-state index contributed by atoms with van der Waals surface area (Å²) in [5.74, 6) is 0.107. The molecule has 1 N–H and O–H groups in total. The van der Waals surface area contributed by atoms with E-state index in [4.69, 9.17) is 4.74 Å². The molecule has 0 radical (unpaired) electrons. The van der Waals surface area contributed by atoms with E-state index in [-0.39, 0.29) is 23.2 Å². The maximum atomic E-state index is 12.6. The van der Waals surface area contributed by atoms with Crippen molar-refractivity contribution in [2.45, 2.75) is 11.5 Å². The molecule has 0 aliphatic carbocycles. The van der Waals surface area contributed by atoms with Gasteiger partial charge in [-0.3, -0.25) is 4.72 Å². The Hall–Kier alpha value is -1.97. The van der Waals surface area contributed by atoms with Gasteiger partial charge in [-0.05, 0) is 45.8 Å². The number of nitrogens with zero attached hydrogens (tertiary/aromatic N) is 2. The highest BCUT2D eigenvalue weighted by Gasteiger charge is 2.19. The fraction of sp³-hybridized carbons (Fsp3) is 0.0588. The monoisotopic (exact) mass is 497 g/mol. The molecule has 0 saturated heterocycles. The third-order valence-corrected chi connectivity index (χ3v) is 5.55. The summed E-state index contributed by atoms with van der Waals surface area (Å²) in [5, 5.41) is 0. The third kappa shape index (κ3) is 4.80. The van der Waals surface area contributed by atoms with Gasteiger partial charge in [0, 0.05) is 4.47 Å². The van der Waals surface area contributed by atoms with Crippen LogP contribution in [0.5, 0.6) is 5.88 Å². The number of nitrogens with one attached hydrogen (secondary N) is 1. The van der Waals surface area contributed by atoms with Crippen LogP contribution in [-0.2, 0) is 16.6 Å². The fourth-order valence-corrected chi connectivity index (χ4v) is 3.58. The van der Waals surface area contributed by atoms with Crippen molar-refractivity contribution in [3.63, 3.8) is 0 Å². The Labute approximate surface area is 168 Å². The zero-order chi connectivity index (χ0) is 18.6. The van der Waals surface area contributed by atoms with Gasteiger partial charge in [-0.2, -0.15) is 0 Å². The minimum atomic E-state index is -3.82. The first kappa shape index (κ1) is 18.8. The van der Waals surface area contributed by atoms with E-state index < -0.39 is 10.0 Å². The molecule has 0 spiro atoms. The number of hydrogen-bond donors (Lipinski definition) is 1. The molecule has 2 aromatic carbocycles. The zero-order valence-electron chi connectivity index (χ0n) is 13.3. The van der Waals surface area contributed by atoms with Crippen LogP contribution in [0, 0.1) is 0 Å². The lowest BCUT2D eigenvalue weighted by Gasteiger charge is -2.12. The van der Waals surface area contributed by atoms with Gasteiger partial charge in [0.2, 0.25) is 5.82 Å². The normalized spacial score (nSPS) is 11.2. The molecular weight excluding hydrogens is 486 g/mol. The summed E-state index contributed by atoms with van der Waals surface area (Å²) in [5.41, 5.74) is 0.927. The number of sulfonamides is 1. The first-order chi connectivity index (χ1) is 12.4. The lowest BCUT2D eigenvalue weighted by Crippen LogP contribution is -2.15. The second-order valence-corrected chi connectivity index (χ2v) is 8.59. The van der Waals surface area contributed by atoms with E-state index in [1.165, 1.54) is 18.3 Å². The van der Waals surface area contributed by atoms with Gasteiger partial charge in [-0.15, -0.1) is 0 Å².